The molecule has 2 aromatic carbocycles. The number of aliphatic hydroxyl groups excluding tert-OH is 1. The van der Waals surface area contributed by atoms with E-state index in [1.807, 2.05) is 60.7 Å². The fraction of sp³-hybridized carbons (Fsp3) is 0.294. The number of rotatable bonds is 8. The molecule has 1 unspecified atom stereocenters. The van der Waals surface area contributed by atoms with E-state index >= 15 is 0 Å². The molecule has 0 aliphatic heterocycles. The van der Waals surface area contributed by atoms with Crippen molar-refractivity contribution in [3.63, 3.8) is 0 Å². The Bertz CT molecular complexity index is 456. The zero-order chi connectivity index (χ0) is 14.9. The third kappa shape index (κ3) is 5.95. The highest BCUT2D eigenvalue weighted by molar-refractivity contribution is 5.20. The van der Waals surface area contributed by atoms with Gasteiger partial charge in [-0.05, 0) is 17.7 Å². The van der Waals surface area contributed by atoms with Crippen LogP contribution in [0.5, 0.6) is 5.75 Å². The summed E-state index contributed by atoms with van der Waals surface area (Å²) in [5.74, 6) is 0.754. The van der Waals surface area contributed by atoms with Gasteiger partial charge in [0.25, 0.3) is 0 Å². The Kier molecular flexibility index (Phi) is 6.22. The molecular formula is C17H21NO3. The van der Waals surface area contributed by atoms with E-state index in [2.05, 4.69) is 0 Å². The monoisotopic (exact) mass is 287 g/mol. The topological polar surface area (TPSA) is 41.9 Å². The van der Waals surface area contributed by atoms with Crippen LogP contribution in [0.15, 0.2) is 60.7 Å². The van der Waals surface area contributed by atoms with Crippen molar-refractivity contribution in [3.8, 4) is 5.75 Å². The van der Waals surface area contributed by atoms with Crippen molar-refractivity contribution in [2.75, 3.05) is 20.2 Å². The molecule has 4 heteroatoms. The smallest absolute Gasteiger partial charge is 0.119 e. The number of hydrogen-bond donors (Lipinski definition) is 1. The Morgan fingerprint density at radius 1 is 1.00 bits per heavy atom. The van der Waals surface area contributed by atoms with Gasteiger partial charge in [0.15, 0.2) is 0 Å². The summed E-state index contributed by atoms with van der Waals surface area (Å²) in [5, 5.41) is 11.6. The van der Waals surface area contributed by atoms with E-state index in [1.54, 1.807) is 12.1 Å². The van der Waals surface area contributed by atoms with Crippen molar-refractivity contribution in [2.24, 2.45) is 0 Å². The maximum atomic E-state index is 9.93. The fourth-order valence-corrected chi connectivity index (χ4v) is 1.87. The Morgan fingerprint density at radius 2 is 1.62 bits per heavy atom. The lowest BCUT2D eigenvalue weighted by Crippen LogP contribution is -2.33. The second-order valence-electron chi connectivity index (χ2n) is 4.85. The Labute approximate surface area is 125 Å². The van der Waals surface area contributed by atoms with Crippen LogP contribution in [0.25, 0.3) is 0 Å². The summed E-state index contributed by atoms with van der Waals surface area (Å²) in [6.07, 6.45) is -0.606. The van der Waals surface area contributed by atoms with Crippen LogP contribution in [-0.4, -0.2) is 36.5 Å². The third-order valence-electron chi connectivity index (χ3n) is 2.95. The van der Waals surface area contributed by atoms with Crippen LogP contribution in [0.1, 0.15) is 5.56 Å². The molecule has 112 valence electrons. The molecule has 0 bridgehead atoms. The van der Waals surface area contributed by atoms with E-state index in [-0.39, 0.29) is 6.61 Å². The summed E-state index contributed by atoms with van der Waals surface area (Å²) >= 11 is 0. The molecule has 0 radical (unpaired) electrons. The predicted molar refractivity (Wildman–Crippen MR) is 81.8 cm³/mol. The summed E-state index contributed by atoms with van der Waals surface area (Å²) in [6, 6.07) is 19.4. The average molecular weight is 287 g/mol. The Hall–Kier alpha value is -1.88. The molecule has 1 N–H and O–H groups in total. The number of benzene rings is 2. The normalized spacial score (nSPS) is 12.3. The van der Waals surface area contributed by atoms with Crippen LogP contribution in [0.4, 0.5) is 0 Å². The molecule has 0 heterocycles. The van der Waals surface area contributed by atoms with Gasteiger partial charge in [0, 0.05) is 7.05 Å². The van der Waals surface area contributed by atoms with Crippen molar-refractivity contribution in [1.29, 1.82) is 0 Å². The molecule has 0 fully saturated rings. The molecule has 0 saturated carbocycles. The molecule has 4 nitrogen and oxygen atoms in total. The van der Waals surface area contributed by atoms with E-state index in [4.69, 9.17) is 9.57 Å². The first-order chi connectivity index (χ1) is 10.2. The summed E-state index contributed by atoms with van der Waals surface area (Å²) in [7, 11) is 1.80. The van der Waals surface area contributed by atoms with Gasteiger partial charge in [0.2, 0.25) is 0 Å². The number of hydroxylamine groups is 2. The third-order valence-corrected chi connectivity index (χ3v) is 2.95. The van der Waals surface area contributed by atoms with Gasteiger partial charge in [-0.3, -0.25) is 4.84 Å². The van der Waals surface area contributed by atoms with Gasteiger partial charge in [-0.25, -0.2) is 0 Å². The number of ether oxygens (including phenoxy) is 1. The highest BCUT2D eigenvalue weighted by Crippen LogP contribution is 2.09. The number of nitrogens with zero attached hydrogens (tertiary/aromatic N) is 1. The van der Waals surface area contributed by atoms with Crippen molar-refractivity contribution >= 4 is 0 Å². The molecule has 0 saturated heterocycles. The van der Waals surface area contributed by atoms with E-state index in [0.29, 0.717) is 13.2 Å². The quantitative estimate of drug-likeness (QED) is 0.757. The van der Waals surface area contributed by atoms with Gasteiger partial charge >= 0.3 is 0 Å². The van der Waals surface area contributed by atoms with E-state index in [9.17, 15) is 5.11 Å². The molecule has 0 amide bonds. The molecule has 0 aliphatic carbocycles. The van der Waals surface area contributed by atoms with Crippen LogP contribution in [0.3, 0.4) is 0 Å². The fourth-order valence-electron chi connectivity index (χ4n) is 1.87. The van der Waals surface area contributed by atoms with Gasteiger partial charge in [0.05, 0.1) is 13.2 Å². The minimum Gasteiger partial charge on any atom is -0.491 e. The van der Waals surface area contributed by atoms with Crippen LogP contribution >= 0.6 is 0 Å². The van der Waals surface area contributed by atoms with Crippen molar-refractivity contribution in [3.05, 3.63) is 66.2 Å². The van der Waals surface area contributed by atoms with Gasteiger partial charge < -0.3 is 9.84 Å². The van der Waals surface area contributed by atoms with Crippen LogP contribution in [0, 0.1) is 0 Å². The van der Waals surface area contributed by atoms with Gasteiger partial charge in [-0.2, -0.15) is 5.06 Å². The summed E-state index contributed by atoms with van der Waals surface area (Å²) in [6.45, 7) is 1.12. The van der Waals surface area contributed by atoms with E-state index < -0.39 is 6.10 Å². The van der Waals surface area contributed by atoms with Crippen LogP contribution < -0.4 is 4.74 Å². The number of para-hydroxylation sites is 1. The minimum atomic E-state index is -0.606. The first kappa shape index (κ1) is 15.5. The zero-order valence-corrected chi connectivity index (χ0v) is 12.2. The summed E-state index contributed by atoms with van der Waals surface area (Å²) in [4.78, 5) is 5.57. The Balaban J connectivity index is 1.66. The summed E-state index contributed by atoms with van der Waals surface area (Å²) in [5.41, 5.74) is 1.10. The van der Waals surface area contributed by atoms with Crippen LogP contribution in [0.2, 0.25) is 0 Å². The van der Waals surface area contributed by atoms with E-state index in [1.165, 1.54) is 0 Å². The maximum absolute atomic E-state index is 9.93. The highest BCUT2D eigenvalue weighted by Gasteiger charge is 2.09. The maximum Gasteiger partial charge on any atom is 0.119 e. The lowest BCUT2D eigenvalue weighted by Gasteiger charge is -2.20. The first-order valence-electron chi connectivity index (χ1n) is 6.98. The lowest BCUT2D eigenvalue weighted by molar-refractivity contribution is -0.166. The zero-order valence-electron chi connectivity index (χ0n) is 12.2. The average Bonchev–Trinajstić information content (AvgIpc) is 2.53. The van der Waals surface area contributed by atoms with Gasteiger partial charge in [0.1, 0.15) is 18.5 Å². The molecule has 21 heavy (non-hydrogen) atoms. The lowest BCUT2D eigenvalue weighted by atomic mass is 10.2. The first-order valence-corrected chi connectivity index (χ1v) is 6.98. The van der Waals surface area contributed by atoms with Crippen molar-refractivity contribution < 1.29 is 14.7 Å². The SMILES string of the molecule is CN(CC(O)COc1ccccc1)OCc1ccccc1. The van der Waals surface area contributed by atoms with Crippen molar-refractivity contribution in [1.82, 2.24) is 5.06 Å². The minimum absolute atomic E-state index is 0.239. The molecule has 0 spiro atoms. The van der Waals surface area contributed by atoms with Gasteiger partial charge in [-0.15, -0.1) is 0 Å². The second-order valence-corrected chi connectivity index (χ2v) is 4.85. The predicted octanol–water partition coefficient (Wildman–Crippen LogP) is 2.49. The molecule has 2 rings (SSSR count). The highest BCUT2D eigenvalue weighted by atomic mass is 16.7. The van der Waals surface area contributed by atoms with Crippen LogP contribution in [-0.2, 0) is 11.4 Å². The molecule has 1 atom stereocenters. The second kappa shape index (κ2) is 8.42. The largest absolute Gasteiger partial charge is 0.491 e. The number of likely N-dealkylation sites (N-methyl/N-ethyl adjacent to an activating group) is 1. The summed E-state index contributed by atoms with van der Waals surface area (Å²) < 4.78 is 5.50. The molecular weight excluding hydrogens is 266 g/mol. The Morgan fingerprint density at radius 3 is 2.29 bits per heavy atom. The molecule has 0 aromatic heterocycles. The number of hydrogen-bond acceptors (Lipinski definition) is 4. The standard InChI is InChI=1S/C17H21NO3/c1-18(21-13-15-8-4-2-5-9-15)12-16(19)14-20-17-10-6-3-7-11-17/h2-11,16,19H,12-14H2,1H3. The molecule has 2 aromatic rings. The van der Waals surface area contributed by atoms with Gasteiger partial charge in [-0.1, -0.05) is 48.5 Å². The van der Waals surface area contributed by atoms with E-state index in [0.717, 1.165) is 11.3 Å². The molecule has 0 aliphatic rings. The number of aliphatic hydroxyl groups is 1. The van der Waals surface area contributed by atoms with Crippen molar-refractivity contribution in [2.45, 2.75) is 12.7 Å².